The molecule has 0 saturated heterocycles. The van der Waals surface area contributed by atoms with Gasteiger partial charge in [-0.2, -0.15) is 0 Å². The number of rotatable bonds is 4. The van der Waals surface area contributed by atoms with Gasteiger partial charge in [-0.3, -0.25) is 19.2 Å². The zero-order valence-corrected chi connectivity index (χ0v) is 10.5. The summed E-state index contributed by atoms with van der Waals surface area (Å²) in [6.07, 6.45) is -2.33. The van der Waals surface area contributed by atoms with E-state index >= 15 is 0 Å². The zero-order valence-electron chi connectivity index (χ0n) is 10.5. The lowest BCUT2D eigenvalue weighted by molar-refractivity contribution is -0.178. The van der Waals surface area contributed by atoms with Gasteiger partial charge in [0.15, 0.2) is 0 Å². The summed E-state index contributed by atoms with van der Waals surface area (Å²) in [5.41, 5.74) is 0. The van der Waals surface area contributed by atoms with Crippen LogP contribution in [-0.2, 0) is 38.2 Å². The van der Waals surface area contributed by atoms with Gasteiger partial charge in [0.2, 0.25) is 0 Å². The van der Waals surface area contributed by atoms with Crippen LogP contribution in [0.1, 0.15) is 12.8 Å². The van der Waals surface area contributed by atoms with E-state index in [0.717, 1.165) is 0 Å². The first-order chi connectivity index (χ1) is 9.95. The highest BCUT2D eigenvalue weighted by Gasteiger charge is 2.25. The molecule has 0 fully saturated rings. The highest BCUT2D eigenvalue weighted by Crippen LogP contribution is 1.93. The van der Waals surface area contributed by atoms with Gasteiger partial charge in [0.25, 0.3) is 0 Å². The van der Waals surface area contributed by atoms with E-state index < -0.39 is 56.0 Å². The molecular weight excluding hydrogens is 315 g/mol. The molecule has 0 rings (SSSR count). The smallest absolute Gasteiger partial charge is 0.481 e. The minimum Gasteiger partial charge on any atom is -0.481 e. The van der Waals surface area contributed by atoms with Crippen molar-refractivity contribution in [2.45, 2.75) is 12.8 Å². The first kappa shape index (κ1) is 21.5. The first-order valence-corrected chi connectivity index (χ1v) is 4.93. The molecule has 122 valence electrons. The molecule has 0 atom stereocenters. The van der Waals surface area contributed by atoms with E-state index in [2.05, 4.69) is 9.47 Å². The summed E-state index contributed by atoms with van der Waals surface area (Å²) < 4.78 is 7.39. The van der Waals surface area contributed by atoms with Crippen LogP contribution in [-0.4, -0.2) is 68.4 Å². The molecule has 0 radical (unpaired) electrons. The van der Waals surface area contributed by atoms with E-state index in [0.29, 0.717) is 0 Å². The molecule has 0 saturated carbocycles. The highest BCUT2D eigenvalue weighted by molar-refractivity contribution is 6.33. The summed E-state index contributed by atoms with van der Waals surface area (Å²) in [6.45, 7) is 0. The summed E-state index contributed by atoms with van der Waals surface area (Å²) in [7, 11) is -2.17. The van der Waals surface area contributed by atoms with Crippen LogP contribution in [0.15, 0.2) is 0 Å². The molecule has 0 aliphatic heterocycles. The van der Waals surface area contributed by atoms with Crippen LogP contribution in [0.4, 0.5) is 0 Å². The van der Waals surface area contributed by atoms with Crippen molar-refractivity contribution in [1.29, 1.82) is 0 Å². The molecule has 0 aliphatic rings. The summed E-state index contributed by atoms with van der Waals surface area (Å²) in [5, 5.41) is 37.8. The predicted octanol–water partition coefficient (Wildman–Crippen LogP) is -3.98. The molecule has 0 aliphatic carbocycles. The Bertz CT molecular complexity index is 424. The molecule has 0 unspecified atom stereocenters. The molecule has 0 aromatic rings. The standard InChI is InChI=1S/C8H6O10.BH3O3/c9-3(10)1-5(13)17-7(15)8(16)18-6(14)2-4(11)12;2-1(3)4/h1-2H2,(H,9,10)(H,11,12);2-4H. The third kappa shape index (κ3) is 15.2. The first-order valence-electron chi connectivity index (χ1n) is 4.93. The predicted molar refractivity (Wildman–Crippen MR) is 59.1 cm³/mol. The van der Waals surface area contributed by atoms with Crippen LogP contribution in [0.3, 0.4) is 0 Å². The number of carboxylic acid groups (broad SMARTS) is 2. The zero-order chi connectivity index (χ0) is 17.9. The lowest BCUT2D eigenvalue weighted by Crippen LogP contribution is -2.27. The second kappa shape index (κ2) is 10.9. The van der Waals surface area contributed by atoms with Crippen molar-refractivity contribution in [3.05, 3.63) is 0 Å². The van der Waals surface area contributed by atoms with Gasteiger partial charge in [0.05, 0.1) is 0 Å². The molecule has 0 amide bonds. The number of hydrogen-bond acceptors (Lipinski definition) is 11. The molecule has 0 spiro atoms. The Kier molecular flexibility index (Phi) is 10.6. The lowest BCUT2D eigenvalue weighted by atomic mass is 10.3. The summed E-state index contributed by atoms with van der Waals surface area (Å²) in [6, 6.07) is 0. The SMILES string of the molecule is O=C(O)CC(=O)OC(=O)C(=O)OC(=O)CC(=O)O.OB(O)O. The number of carbonyl (C=O) groups is 6. The van der Waals surface area contributed by atoms with Gasteiger partial charge in [0, 0.05) is 0 Å². The average molecular weight is 324 g/mol. The largest absolute Gasteiger partial charge is 0.631 e. The van der Waals surface area contributed by atoms with Gasteiger partial charge in [-0.05, 0) is 0 Å². The fourth-order valence-corrected chi connectivity index (χ4v) is 0.609. The van der Waals surface area contributed by atoms with Crippen molar-refractivity contribution in [2.75, 3.05) is 0 Å². The van der Waals surface area contributed by atoms with E-state index in [4.69, 9.17) is 25.3 Å². The van der Waals surface area contributed by atoms with Gasteiger partial charge in [-0.15, -0.1) is 0 Å². The third-order valence-corrected chi connectivity index (χ3v) is 1.17. The Morgan fingerprint density at radius 2 is 0.909 bits per heavy atom. The van der Waals surface area contributed by atoms with E-state index in [-0.39, 0.29) is 0 Å². The topological polar surface area (TPSA) is 222 Å². The van der Waals surface area contributed by atoms with Crippen molar-refractivity contribution in [3.63, 3.8) is 0 Å². The number of ether oxygens (including phenoxy) is 2. The van der Waals surface area contributed by atoms with Crippen LogP contribution < -0.4 is 0 Å². The maximum Gasteiger partial charge on any atom is 0.631 e. The fraction of sp³-hybridized carbons (Fsp3) is 0.250. The van der Waals surface area contributed by atoms with Crippen LogP contribution in [0.5, 0.6) is 0 Å². The van der Waals surface area contributed by atoms with Gasteiger partial charge < -0.3 is 34.8 Å². The van der Waals surface area contributed by atoms with E-state index in [1.165, 1.54) is 0 Å². The third-order valence-electron chi connectivity index (χ3n) is 1.17. The van der Waals surface area contributed by atoms with Crippen LogP contribution in [0, 0.1) is 0 Å². The van der Waals surface area contributed by atoms with Crippen LogP contribution >= 0.6 is 0 Å². The molecular formula is C8H9BO13. The quantitative estimate of drug-likeness (QED) is 0.144. The van der Waals surface area contributed by atoms with Crippen molar-refractivity contribution in [2.24, 2.45) is 0 Å². The van der Waals surface area contributed by atoms with Crippen molar-refractivity contribution in [1.82, 2.24) is 0 Å². The second-order valence-corrected chi connectivity index (χ2v) is 3.01. The van der Waals surface area contributed by atoms with Gasteiger partial charge >= 0.3 is 43.1 Å². The Hall–Kier alpha value is -2.84. The molecule has 14 heteroatoms. The van der Waals surface area contributed by atoms with E-state index in [1.54, 1.807) is 0 Å². The maximum atomic E-state index is 10.7. The van der Waals surface area contributed by atoms with E-state index in [1.807, 2.05) is 0 Å². The van der Waals surface area contributed by atoms with Crippen molar-refractivity contribution in [3.8, 4) is 0 Å². The fourth-order valence-electron chi connectivity index (χ4n) is 0.609. The molecule has 0 aromatic heterocycles. The molecule has 5 N–H and O–H groups in total. The van der Waals surface area contributed by atoms with Crippen LogP contribution in [0.25, 0.3) is 0 Å². The number of hydrogen-bond donors (Lipinski definition) is 5. The second-order valence-electron chi connectivity index (χ2n) is 3.01. The number of carboxylic acids is 2. The van der Waals surface area contributed by atoms with Gasteiger partial charge in [0.1, 0.15) is 12.8 Å². The molecule has 22 heavy (non-hydrogen) atoms. The Balaban J connectivity index is 0. The lowest BCUT2D eigenvalue weighted by Gasteiger charge is -2.00. The molecule has 0 bridgehead atoms. The average Bonchev–Trinajstić information content (AvgIpc) is 2.24. The van der Waals surface area contributed by atoms with Gasteiger partial charge in [-0.1, -0.05) is 0 Å². The normalized spacial score (nSPS) is 8.68. The number of carbonyl (C=O) groups excluding carboxylic acids is 4. The summed E-state index contributed by atoms with van der Waals surface area (Å²) >= 11 is 0. The number of aliphatic carboxylic acids is 2. The Morgan fingerprint density at radius 1 is 0.682 bits per heavy atom. The summed E-state index contributed by atoms with van der Waals surface area (Å²) in [5.74, 6) is -10.1. The number of esters is 4. The monoisotopic (exact) mass is 324 g/mol. The minimum atomic E-state index is -2.17. The van der Waals surface area contributed by atoms with E-state index in [9.17, 15) is 28.8 Å². The molecule has 0 heterocycles. The maximum absolute atomic E-state index is 10.7. The minimum absolute atomic E-state index is 1.16. The highest BCUT2D eigenvalue weighted by atomic mass is 16.6. The Morgan fingerprint density at radius 3 is 1.09 bits per heavy atom. The van der Waals surface area contributed by atoms with Gasteiger partial charge in [-0.25, -0.2) is 9.59 Å². The van der Waals surface area contributed by atoms with Crippen molar-refractivity contribution < 1.29 is 63.5 Å². The molecule has 0 aromatic carbocycles. The molecule has 13 nitrogen and oxygen atoms in total. The summed E-state index contributed by atoms with van der Waals surface area (Å²) in [4.78, 5) is 62.8. The van der Waals surface area contributed by atoms with Crippen LogP contribution in [0.2, 0.25) is 0 Å². The Labute approximate surface area is 120 Å². The van der Waals surface area contributed by atoms with Crippen molar-refractivity contribution >= 4 is 43.1 Å².